The minimum Gasteiger partial charge on any atom is -0.493 e. The van der Waals surface area contributed by atoms with E-state index in [1.165, 1.54) is 0 Å². The van der Waals surface area contributed by atoms with Crippen LogP contribution in [-0.2, 0) is 11.2 Å². The number of hydrogen-bond acceptors (Lipinski definition) is 3. The summed E-state index contributed by atoms with van der Waals surface area (Å²) in [7, 11) is 0. The van der Waals surface area contributed by atoms with E-state index in [0.717, 1.165) is 32.4 Å². The van der Waals surface area contributed by atoms with Gasteiger partial charge in [-0.25, -0.2) is 0 Å². The summed E-state index contributed by atoms with van der Waals surface area (Å²) < 4.78 is 12.3. The lowest BCUT2D eigenvalue weighted by Gasteiger charge is -2.15. The van der Waals surface area contributed by atoms with Gasteiger partial charge in [-0.3, -0.25) is 4.79 Å². The van der Waals surface area contributed by atoms with E-state index in [-0.39, 0.29) is 6.42 Å². The largest absolute Gasteiger partial charge is 0.493 e. The van der Waals surface area contributed by atoms with Crippen molar-refractivity contribution in [1.82, 2.24) is 0 Å². The summed E-state index contributed by atoms with van der Waals surface area (Å²) in [6.07, 6.45) is 3.32. The normalized spacial score (nSPS) is 10.2. The molecule has 0 aliphatic rings. The minimum atomic E-state index is -0.800. The van der Waals surface area contributed by atoms with Crippen LogP contribution in [0.25, 0.3) is 0 Å². The maximum Gasteiger partial charge on any atom is 0.303 e. The van der Waals surface area contributed by atoms with E-state index in [9.17, 15) is 4.79 Å². The van der Waals surface area contributed by atoms with Crippen LogP contribution in [-0.4, -0.2) is 24.3 Å². The SMILES string of the molecule is CCc1cc(OCC=C(Br)Br)cc(C)c1OCCCC(=O)O. The van der Waals surface area contributed by atoms with Crippen molar-refractivity contribution in [3.63, 3.8) is 0 Å². The topological polar surface area (TPSA) is 55.8 Å². The summed E-state index contributed by atoms with van der Waals surface area (Å²) in [4.78, 5) is 10.5. The molecule has 0 spiro atoms. The molecule has 0 heterocycles. The number of hydrogen-bond donors (Lipinski definition) is 1. The zero-order valence-corrected chi connectivity index (χ0v) is 15.9. The predicted molar refractivity (Wildman–Crippen MR) is 94.4 cm³/mol. The second-order valence-electron chi connectivity index (χ2n) is 4.73. The fourth-order valence-corrected chi connectivity index (χ4v) is 2.23. The maximum atomic E-state index is 10.5. The Morgan fingerprint density at radius 1 is 1.32 bits per heavy atom. The Balaban J connectivity index is 2.73. The number of aryl methyl sites for hydroxylation is 2. The monoisotopic (exact) mass is 434 g/mol. The van der Waals surface area contributed by atoms with E-state index in [2.05, 4.69) is 38.8 Å². The lowest BCUT2D eigenvalue weighted by Crippen LogP contribution is -2.05. The second kappa shape index (κ2) is 9.90. The molecule has 0 unspecified atom stereocenters. The van der Waals surface area contributed by atoms with Crippen LogP contribution in [0.5, 0.6) is 11.5 Å². The molecule has 1 aromatic carbocycles. The highest BCUT2D eigenvalue weighted by Gasteiger charge is 2.09. The van der Waals surface area contributed by atoms with Crippen LogP contribution in [0, 0.1) is 6.92 Å². The molecule has 1 N–H and O–H groups in total. The van der Waals surface area contributed by atoms with Crippen molar-refractivity contribution in [3.8, 4) is 11.5 Å². The third-order valence-corrected chi connectivity index (χ3v) is 3.62. The van der Waals surface area contributed by atoms with Gasteiger partial charge in [-0.1, -0.05) is 6.92 Å². The third-order valence-electron chi connectivity index (χ3n) is 2.97. The molecule has 0 radical (unpaired) electrons. The van der Waals surface area contributed by atoms with Gasteiger partial charge in [0.25, 0.3) is 0 Å². The smallest absolute Gasteiger partial charge is 0.303 e. The molecule has 1 aromatic rings. The summed E-state index contributed by atoms with van der Waals surface area (Å²) in [6.45, 7) is 4.89. The molecule has 6 heteroatoms. The Morgan fingerprint density at radius 2 is 2.05 bits per heavy atom. The number of ether oxygens (including phenoxy) is 2. The summed E-state index contributed by atoms with van der Waals surface area (Å²) >= 11 is 6.57. The Bertz CT molecular complexity index is 537. The van der Waals surface area contributed by atoms with Crippen LogP contribution >= 0.6 is 31.9 Å². The number of benzene rings is 1. The first-order valence-electron chi connectivity index (χ1n) is 7.06. The lowest BCUT2D eigenvalue weighted by atomic mass is 10.1. The first-order valence-corrected chi connectivity index (χ1v) is 8.64. The zero-order valence-electron chi connectivity index (χ0n) is 12.7. The van der Waals surface area contributed by atoms with Crippen LogP contribution < -0.4 is 9.47 Å². The number of carbonyl (C=O) groups is 1. The summed E-state index contributed by atoms with van der Waals surface area (Å²) in [5.74, 6) is 0.827. The molecule has 0 atom stereocenters. The molecule has 22 heavy (non-hydrogen) atoms. The van der Waals surface area contributed by atoms with Gasteiger partial charge < -0.3 is 14.6 Å². The molecule has 0 saturated heterocycles. The van der Waals surface area contributed by atoms with E-state index in [0.29, 0.717) is 19.6 Å². The average molecular weight is 436 g/mol. The lowest BCUT2D eigenvalue weighted by molar-refractivity contribution is -0.137. The van der Waals surface area contributed by atoms with Crippen LogP contribution in [0.3, 0.4) is 0 Å². The van der Waals surface area contributed by atoms with Gasteiger partial charge in [0, 0.05) is 6.42 Å². The Morgan fingerprint density at radius 3 is 2.64 bits per heavy atom. The molecule has 0 aliphatic carbocycles. The van der Waals surface area contributed by atoms with E-state index in [1.807, 2.05) is 25.1 Å². The molecule has 0 aromatic heterocycles. The minimum absolute atomic E-state index is 0.120. The fourth-order valence-electron chi connectivity index (χ4n) is 1.96. The van der Waals surface area contributed by atoms with Gasteiger partial charge in [-0.2, -0.15) is 0 Å². The maximum absolute atomic E-state index is 10.5. The van der Waals surface area contributed by atoms with Crippen molar-refractivity contribution in [2.75, 3.05) is 13.2 Å². The summed E-state index contributed by atoms with van der Waals surface area (Å²) in [6, 6.07) is 3.90. The van der Waals surface area contributed by atoms with Crippen LogP contribution in [0.4, 0.5) is 0 Å². The highest BCUT2D eigenvalue weighted by Crippen LogP contribution is 2.30. The van der Waals surface area contributed by atoms with E-state index in [4.69, 9.17) is 14.6 Å². The second-order valence-corrected chi connectivity index (χ2v) is 7.51. The molecular formula is C16H20Br2O4. The predicted octanol–water partition coefficient (Wildman–Crippen LogP) is 4.81. The van der Waals surface area contributed by atoms with Crippen molar-refractivity contribution in [3.05, 3.63) is 32.7 Å². The van der Waals surface area contributed by atoms with Gasteiger partial charge in [-0.05, 0) is 81.0 Å². The Labute approximate surface area is 147 Å². The number of aliphatic carboxylic acids is 1. The summed E-state index contributed by atoms with van der Waals surface area (Å²) in [5.41, 5.74) is 2.05. The van der Waals surface area contributed by atoms with Crippen molar-refractivity contribution >= 4 is 37.8 Å². The van der Waals surface area contributed by atoms with Gasteiger partial charge in [-0.15, -0.1) is 0 Å². The third kappa shape index (κ3) is 6.83. The molecule has 0 bridgehead atoms. The number of rotatable bonds is 9. The highest BCUT2D eigenvalue weighted by molar-refractivity contribution is 9.28. The first kappa shape index (κ1) is 19.0. The average Bonchev–Trinajstić information content (AvgIpc) is 2.44. The van der Waals surface area contributed by atoms with Crippen LogP contribution in [0.2, 0.25) is 0 Å². The molecule has 1 rings (SSSR count). The number of carboxylic acid groups (broad SMARTS) is 1. The standard InChI is InChI=1S/C16H20Br2O4/c1-3-12-10-13(21-8-6-14(17)18)9-11(2)16(12)22-7-4-5-15(19)20/h6,9-10H,3-5,7-8H2,1-2H3,(H,19,20). The highest BCUT2D eigenvalue weighted by atomic mass is 79.9. The van der Waals surface area contributed by atoms with E-state index >= 15 is 0 Å². The van der Waals surface area contributed by atoms with Gasteiger partial charge in [0.15, 0.2) is 0 Å². The van der Waals surface area contributed by atoms with Crippen molar-refractivity contribution in [2.45, 2.75) is 33.1 Å². The number of halogens is 2. The molecule has 0 amide bonds. The Kier molecular flexibility index (Phi) is 8.56. The fraction of sp³-hybridized carbons (Fsp3) is 0.438. The Hall–Kier alpha value is -1.01. The van der Waals surface area contributed by atoms with E-state index < -0.39 is 5.97 Å². The molecule has 122 valence electrons. The van der Waals surface area contributed by atoms with Crippen molar-refractivity contribution in [2.24, 2.45) is 0 Å². The zero-order chi connectivity index (χ0) is 16.5. The quantitative estimate of drug-likeness (QED) is 0.565. The van der Waals surface area contributed by atoms with Crippen molar-refractivity contribution in [1.29, 1.82) is 0 Å². The van der Waals surface area contributed by atoms with Gasteiger partial charge >= 0.3 is 5.97 Å². The van der Waals surface area contributed by atoms with Gasteiger partial charge in [0.05, 0.1) is 10.00 Å². The van der Waals surface area contributed by atoms with Gasteiger partial charge in [0.1, 0.15) is 18.1 Å². The molecular weight excluding hydrogens is 416 g/mol. The van der Waals surface area contributed by atoms with Crippen molar-refractivity contribution < 1.29 is 19.4 Å². The van der Waals surface area contributed by atoms with Crippen LogP contribution in [0.1, 0.15) is 30.9 Å². The molecule has 0 fully saturated rings. The van der Waals surface area contributed by atoms with E-state index in [1.54, 1.807) is 0 Å². The molecule has 0 aliphatic heterocycles. The van der Waals surface area contributed by atoms with Crippen LogP contribution in [0.15, 0.2) is 21.6 Å². The molecule has 4 nitrogen and oxygen atoms in total. The molecule has 0 saturated carbocycles. The first-order chi connectivity index (χ1) is 10.4. The number of carboxylic acids is 1. The van der Waals surface area contributed by atoms with Gasteiger partial charge in [0.2, 0.25) is 0 Å². The summed E-state index contributed by atoms with van der Waals surface area (Å²) in [5, 5.41) is 8.64.